The van der Waals surface area contributed by atoms with Crippen LogP contribution in [0.15, 0.2) is 0 Å². The van der Waals surface area contributed by atoms with E-state index in [2.05, 4.69) is 20.8 Å². The molecule has 2 fully saturated rings. The Bertz CT molecular complexity index is 185. The van der Waals surface area contributed by atoms with Crippen molar-refractivity contribution in [3.8, 4) is 0 Å². The van der Waals surface area contributed by atoms with Crippen molar-refractivity contribution in [2.75, 3.05) is 0 Å². The standard InChI is InChI=1S/C10H18O/c1-9(2)7-4-5-10(7,3)6-8(9)11/h7-8,11H,4-6H2,1-3H3/t7-,8+,10+/m1/s1. The van der Waals surface area contributed by atoms with Crippen molar-refractivity contribution in [3.63, 3.8) is 0 Å². The highest BCUT2D eigenvalue weighted by Crippen LogP contribution is 2.64. The zero-order valence-electron chi connectivity index (χ0n) is 7.72. The summed E-state index contributed by atoms with van der Waals surface area (Å²) >= 11 is 0. The van der Waals surface area contributed by atoms with Gasteiger partial charge in [-0.2, -0.15) is 0 Å². The SMILES string of the molecule is CC1(C)[C@H]2CC[C@@]2(C)C[C@@H]1O. The van der Waals surface area contributed by atoms with E-state index in [1.807, 2.05) is 0 Å². The van der Waals surface area contributed by atoms with Gasteiger partial charge in [-0.1, -0.05) is 20.8 Å². The van der Waals surface area contributed by atoms with Gasteiger partial charge in [0.25, 0.3) is 0 Å². The first kappa shape index (κ1) is 7.60. The molecule has 1 nitrogen and oxygen atoms in total. The lowest BCUT2D eigenvalue weighted by atomic mass is 9.58. The highest BCUT2D eigenvalue weighted by atomic mass is 16.3. The van der Waals surface area contributed by atoms with Crippen molar-refractivity contribution in [3.05, 3.63) is 0 Å². The number of aliphatic hydroxyl groups is 1. The molecule has 0 spiro atoms. The van der Waals surface area contributed by atoms with Crippen LogP contribution in [0.2, 0.25) is 0 Å². The predicted octanol–water partition coefficient (Wildman–Crippen LogP) is 2.19. The number of fused-ring (bicyclic) bond motifs is 1. The molecule has 0 heterocycles. The molecule has 0 amide bonds. The van der Waals surface area contributed by atoms with Gasteiger partial charge in [0.05, 0.1) is 6.10 Å². The van der Waals surface area contributed by atoms with Crippen LogP contribution >= 0.6 is 0 Å². The van der Waals surface area contributed by atoms with E-state index in [0.29, 0.717) is 5.41 Å². The van der Waals surface area contributed by atoms with Crippen LogP contribution in [0.4, 0.5) is 0 Å². The van der Waals surface area contributed by atoms with Crippen LogP contribution in [0.3, 0.4) is 0 Å². The molecule has 3 atom stereocenters. The zero-order chi connectivity index (χ0) is 8.28. The first-order valence-corrected chi connectivity index (χ1v) is 4.65. The molecule has 0 unspecified atom stereocenters. The van der Waals surface area contributed by atoms with Crippen LogP contribution in [0.1, 0.15) is 40.0 Å². The van der Waals surface area contributed by atoms with E-state index in [0.717, 1.165) is 12.3 Å². The molecule has 11 heavy (non-hydrogen) atoms. The lowest BCUT2D eigenvalue weighted by molar-refractivity contribution is 0.00415. The molecule has 0 aliphatic heterocycles. The lowest BCUT2D eigenvalue weighted by Gasteiger charge is -2.47. The Labute approximate surface area is 68.8 Å². The van der Waals surface area contributed by atoms with Gasteiger partial charge in [-0.05, 0) is 36.0 Å². The average Bonchev–Trinajstić information content (AvgIpc) is 1.91. The van der Waals surface area contributed by atoms with Gasteiger partial charge >= 0.3 is 0 Å². The lowest BCUT2D eigenvalue weighted by Crippen LogP contribution is -2.39. The van der Waals surface area contributed by atoms with E-state index in [1.54, 1.807) is 0 Å². The van der Waals surface area contributed by atoms with Gasteiger partial charge in [0.15, 0.2) is 0 Å². The van der Waals surface area contributed by atoms with E-state index in [9.17, 15) is 5.11 Å². The van der Waals surface area contributed by atoms with Gasteiger partial charge < -0.3 is 5.11 Å². The minimum atomic E-state index is -0.0556. The summed E-state index contributed by atoms with van der Waals surface area (Å²) in [4.78, 5) is 0. The maximum Gasteiger partial charge on any atom is 0.0599 e. The zero-order valence-corrected chi connectivity index (χ0v) is 7.72. The third kappa shape index (κ3) is 0.752. The number of hydrogen-bond acceptors (Lipinski definition) is 1. The number of aliphatic hydroxyl groups excluding tert-OH is 1. The molecule has 0 aromatic carbocycles. The van der Waals surface area contributed by atoms with E-state index in [-0.39, 0.29) is 11.5 Å². The van der Waals surface area contributed by atoms with Gasteiger partial charge in [-0.3, -0.25) is 0 Å². The van der Waals surface area contributed by atoms with Gasteiger partial charge in [0.2, 0.25) is 0 Å². The molecule has 0 radical (unpaired) electrons. The average molecular weight is 154 g/mol. The van der Waals surface area contributed by atoms with Gasteiger partial charge in [0.1, 0.15) is 0 Å². The van der Waals surface area contributed by atoms with Crippen molar-refractivity contribution in [2.24, 2.45) is 16.7 Å². The third-order valence-electron chi connectivity index (χ3n) is 4.26. The van der Waals surface area contributed by atoms with Gasteiger partial charge in [0, 0.05) is 0 Å². The minimum absolute atomic E-state index is 0.0556. The quantitative estimate of drug-likeness (QED) is 0.567. The van der Waals surface area contributed by atoms with Crippen molar-refractivity contribution in [1.29, 1.82) is 0 Å². The van der Waals surface area contributed by atoms with E-state index in [1.165, 1.54) is 12.8 Å². The van der Waals surface area contributed by atoms with E-state index in [4.69, 9.17) is 0 Å². The van der Waals surface area contributed by atoms with Crippen LogP contribution in [-0.2, 0) is 0 Å². The maximum atomic E-state index is 9.80. The summed E-state index contributed by atoms with van der Waals surface area (Å²) in [5.41, 5.74) is 0.677. The fourth-order valence-corrected chi connectivity index (χ4v) is 3.23. The third-order valence-corrected chi connectivity index (χ3v) is 4.26. The topological polar surface area (TPSA) is 20.2 Å². The summed E-state index contributed by atoms with van der Waals surface area (Å²) in [7, 11) is 0. The summed E-state index contributed by atoms with van der Waals surface area (Å²) in [6, 6.07) is 0. The Morgan fingerprint density at radius 3 is 2.09 bits per heavy atom. The van der Waals surface area contributed by atoms with Crippen molar-refractivity contribution in [1.82, 2.24) is 0 Å². The largest absolute Gasteiger partial charge is 0.393 e. The second kappa shape index (κ2) is 1.82. The molecule has 1 heteroatoms. The molecule has 2 rings (SSSR count). The Hall–Kier alpha value is -0.0400. The summed E-state index contributed by atoms with van der Waals surface area (Å²) in [5, 5.41) is 9.80. The first-order valence-electron chi connectivity index (χ1n) is 4.65. The molecule has 0 saturated heterocycles. The van der Waals surface area contributed by atoms with Crippen molar-refractivity contribution in [2.45, 2.75) is 46.1 Å². The molecule has 2 saturated carbocycles. The van der Waals surface area contributed by atoms with E-state index < -0.39 is 0 Å². The van der Waals surface area contributed by atoms with Crippen LogP contribution < -0.4 is 0 Å². The Balaban J connectivity index is 2.27. The Kier molecular flexibility index (Phi) is 1.26. The summed E-state index contributed by atoms with van der Waals surface area (Å²) in [5.74, 6) is 0.782. The molecule has 0 bridgehead atoms. The van der Waals surface area contributed by atoms with Crippen LogP contribution in [-0.4, -0.2) is 11.2 Å². The molecular formula is C10H18O. The fraction of sp³-hybridized carbons (Fsp3) is 1.00. The summed E-state index contributed by atoms with van der Waals surface area (Å²) in [6.45, 7) is 6.76. The monoisotopic (exact) mass is 154 g/mol. The first-order chi connectivity index (χ1) is 4.97. The Morgan fingerprint density at radius 2 is 1.91 bits per heavy atom. The van der Waals surface area contributed by atoms with Crippen molar-refractivity contribution >= 4 is 0 Å². The van der Waals surface area contributed by atoms with Crippen LogP contribution in [0.5, 0.6) is 0 Å². The normalized spacial score (nSPS) is 53.5. The number of hydrogen-bond donors (Lipinski definition) is 1. The van der Waals surface area contributed by atoms with Gasteiger partial charge in [-0.15, -0.1) is 0 Å². The highest BCUT2D eigenvalue weighted by molar-refractivity contribution is 5.09. The van der Waals surface area contributed by atoms with Crippen molar-refractivity contribution < 1.29 is 5.11 Å². The highest BCUT2D eigenvalue weighted by Gasteiger charge is 2.59. The predicted molar refractivity (Wildman–Crippen MR) is 45.2 cm³/mol. The second-order valence-electron chi connectivity index (χ2n) is 5.29. The van der Waals surface area contributed by atoms with Crippen LogP contribution in [0, 0.1) is 16.7 Å². The Morgan fingerprint density at radius 1 is 1.27 bits per heavy atom. The minimum Gasteiger partial charge on any atom is -0.393 e. The molecule has 1 N–H and O–H groups in total. The fourth-order valence-electron chi connectivity index (χ4n) is 3.23. The maximum absolute atomic E-state index is 9.80. The summed E-state index contributed by atoms with van der Waals surface area (Å²) in [6.07, 6.45) is 3.64. The molecule has 0 aromatic rings. The molecule has 64 valence electrons. The second-order valence-corrected chi connectivity index (χ2v) is 5.29. The smallest absolute Gasteiger partial charge is 0.0599 e. The molecule has 2 aliphatic carbocycles. The number of rotatable bonds is 0. The molecule has 2 aliphatic rings. The summed E-state index contributed by atoms with van der Waals surface area (Å²) < 4.78 is 0. The van der Waals surface area contributed by atoms with Crippen LogP contribution in [0.25, 0.3) is 0 Å². The van der Waals surface area contributed by atoms with Gasteiger partial charge in [-0.25, -0.2) is 0 Å². The molecule has 0 aromatic heterocycles. The van der Waals surface area contributed by atoms with E-state index >= 15 is 0 Å². The molecular weight excluding hydrogens is 136 g/mol.